The maximum Gasteiger partial charge on any atom is 0.224 e. The van der Waals surface area contributed by atoms with E-state index in [4.69, 9.17) is 0 Å². The minimum absolute atomic E-state index is 0.229. The number of aromatic nitrogens is 2. The summed E-state index contributed by atoms with van der Waals surface area (Å²) in [7, 11) is 0. The summed E-state index contributed by atoms with van der Waals surface area (Å²) in [5.41, 5.74) is 5.05. The first-order chi connectivity index (χ1) is 13.6. The van der Waals surface area contributed by atoms with Crippen LogP contribution in [0.5, 0.6) is 0 Å². The number of benzene rings is 2. The molecule has 28 heavy (non-hydrogen) atoms. The molecule has 3 aromatic rings. The Balaban J connectivity index is 1.30. The van der Waals surface area contributed by atoms with Crippen LogP contribution >= 0.6 is 0 Å². The van der Waals surface area contributed by atoms with Gasteiger partial charge in [0.05, 0.1) is 18.3 Å². The van der Waals surface area contributed by atoms with Crippen LogP contribution in [0.25, 0.3) is 10.9 Å². The van der Waals surface area contributed by atoms with Crippen molar-refractivity contribution in [2.45, 2.75) is 33.4 Å². The predicted molar refractivity (Wildman–Crippen MR) is 112 cm³/mol. The number of carbonyl (C=O) groups is 1. The quantitative estimate of drug-likeness (QED) is 0.685. The summed E-state index contributed by atoms with van der Waals surface area (Å²) in [6, 6.07) is 14.8. The predicted octanol–water partition coefficient (Wildman–Crippen LogP) is 3.39. The molecule has 4 rings (SSSR count). The molecule has 0 atom stereocenters. The Morgan fingerprint density at radius 1 is 0.964 bits per heavy atom. The molecule has 0 unspecified atom stereocenters. The first kappa shape index (κ1) is 18.7. The summed E-state index contributed by atoms with van der Waals surface area (Å²) in [5, 5.41) is 5.61. The lowest BCUT2D eigenvalue weighted by atomic mass is 10.1. The Labute approximate surface area is 166 Å². The number of para-hydroxylation sites is 1. The molecule has 2 heterocycles. The third kappa shape index (κ3) is 3.94. The van der Waals surface area contributed by atoms with Crippen LogP contribution < -0.4 is 0 Å². The van der Waals surface area contributed by atoms with Gasteiger partial charge in [-0.15, -0.1) is 0 Å². The van der Waals surface area contributed by atoms with Crippen molar-refractivity contribution in [3.63, 3.8) is 0 Å². The summed E-state index contributed by atoms with van der Waals surface area (Å²) < 4.78 is 1.97. The maximum atomic E-state index is 12.7. The zero-order valence-corrected chi connectivity index (χ0v) is 16.8. The standard InChI is InChI=1S/C23H28N4O/c1-18-6-3-4-8-21(18)17-25-12-14-26(15-13-25)22(28)10-11-27-23-19(2)7-5-9-20(23)16-24-27/h3-9,16H,10-15,17H2,1-2H3. The van der Waals surface area contributed by atoms with E-state index in [9.17, 15) is 4.79 Å². The molecule has 5 heteroatoms. The average Bonchev–Trinajstić information content (AvgIpc) is 3.13. The molecule has 0 bridgehead atoms. The van der Waals surface area contributed by atoms with E-state index in [1.807, 2.05) is 21.8 Å². The second-order valence-corrected chi connectivity index (χ2v) is 7.71. The number of hydrogen-bond acceptors (Lipinski definition) is 3. The lowest BCUT2D eigenvalue weighted by Gasteiger charge is -2.35. The fraction of sp³-hybridized carbons (Fsp3) is 0.391. The van der Waals surface area contributed by atoms with Gasteiger partial charge < -0.3 is 4.90 Å². The Morgan fingerprint density at radius 2 is 1.71 bits per heavy atom. The second kappa shape index (κ2) is 8.15. The molecule has 1 amide bonds. The molecule has 0 aliphatic carbocycles. The van der Waals surface area contributed by atoms with Gasteiger partial charge in [-0.2, -0.15) is 5.10 Å². The van der Waals surface area contributed by atoms with Gasteiger partial charge in [-0.3, -0.25) is 14.4 Å². The lowest BCUT2D eigenvalue weighted by Crippen LogP contribution is -2.48. The first-order valence-electron chi connectivity index (χ1n) is 10.1. The van der Waals surface area contributed by atoms with Gasteiger partial charge in [-0.05, 0) is 30.5 Å². The third-order valence-electron chi connectivity index (χ3n) is 5.78. The zero-order valence-electron chi connectivity index (χ0n) is 16.8. The van der Waals surface area contributed by atoms with Crippen molar-refractivity contribution in [3.05, 3.63) is 65.4 Å². The Kier molecular flexibility index (Phi) is 5.44. The van der Waals surface area contributed by atoms with Crippen LogP contribution in [0.15, 0.2) is 48.7 Å². The molecule has 0 radical (unpaired) electrons. The van der Waals surface area contributed by atoms with Crippen molar-refractivity contribution in [2.24, 2.45) is 0 Å². The number of hydrogen-bond donors (Lipinski definition) is 0. The monoisotopic (exact) mass is 376 g/mol. The van der Waals surface area contributed by atoms with Gasteiger partial charge in [0.25, 0.3) is 0 Å². The van der Waals surface area contributed by atoms with Crippen LogP contribution in [-0.2, 0) is 17.9 Å². The Morgan fingerprint density at radius 3 is 2.50 bits per heavy atom. The summed E-state index contributed by atoms with van der Waals surface area (Å²) in [4.78, 5) is 17.1. The summed E-state index contributed by atoms with van der Waals surface area (Å²) >= 11 is 0. The molecule has 1 fully saturated rings. The fourth-order valence-corrected chi connectivity index (χ4v) is 4.04. The van der Waals surface area contributed by atoms with E-state index in [2.05, 4.69) is 60.2 Å². The van der Waals surface area contributed by atoms with Crippen molar-refractivity contribution >= 4 is 16.8 Å². The van der Waals surface area contributed by atoms with E-state index >= 15 is 0 Å². The molecular weight excluding hydrogens is 348 g/mol. The molecule has 0 saturated carbocycles. The van der Waals surface area contributed by atoms with Crippen molar-refractivity contribution < 1.29 is 4.79 Å². The van der Waals surface area contributed by atoms with Crippen molar-refractivity contribution in [2.75, 3.05) is 26.2 Å². The minimum Gasteiger partial charge on any atom is -0.340 e. The number of nitrogens with zero attached hydrogens (tertiary/aromatic N) is 4. The summed E-state index contributed by atoms with van der Waals surface area (Å²) in [5.74, 6) is 0.229. The van der Waals surface area contributed by atoms with Gasteiger partial charge in [-0.1, -0.05) is 42.5 Å². The highest BCUT2D eigenvalue weighted by molar-refractivity contribution is 5.82. The maximum absolute atomic E-state index is 12.7. The normalized spacial score (nSPS) is 15.3. The fourth-order valence-electron chi connectivity index (χ4n) is 4.04. The lowest BCUT2D eigenvalue weighted by molar-refractivity contribution is -0.133. The molecule has 0 N–H and O–H groups in total. The molecule has 0 spiro atoms. The van der Waals surface area contributed by atoms with E-state index in [0.717, 1.165) is 43.6 Å². The number of carbonyl (C=O) groups excluding carboxylic acids is 1. The zero-order chi connectivity index (χ0) is 19.5. The molecule has 2 aromatic carbocycles. The molecule has 146 valence electrons. The van der Waals surface area contributed by atoms with Crippen molar-refractivity contribution in [3.8, 4) is 0 Å². The van der Waals surface area contributed by atoms with Crippen LogP contribution in [-0.4, -0.2) is 51.7 Å². The average molecular weight is 377 g/mol. The second-order valence-electron chi connectivity index (χ2n) is 7.71. The highest BCUT2D eigenvalue weighted by atomic mass is 16.2. The molecule has 5 nitrogen and oxygen atoms in total. The highest BCUT2D eigenvalue weighted by Crippen LogP contribution is 2.18. The number of rotatable bonds is 5. The summed E-state index contributed by atoms with van der Waals surface area (Å²) in [6.45, 7) is 9.34. The molecular formula is C23H28N4O. The summed E-state index contributed by atoms with van der Waals surface area (Å²) in [6.07, 6.45) is 2.39. The van der Waals surface area contributed by atoms with Gasteiger partial charge in [0.1, 0.15) is 0 Å². The molecule has 1 aliphatic rings. The van der Waals surface area contributed by atoms with E-state index in [0.29, 0.717) is 13.0 Å². The number of piperazine rings is 1. The number of fused-ring (bicyclic) bond motifs is 1. The van der Waals surface area contributed by atoms with Crippen LogP contribution in [0.4, 0.5) is 0 Å². The van der Waals surface area contributed by atoms with Crippen molar-refractivity contribution in [1.29, 1.82) is 0 Å². The SMILES string of the molecule is Cc1ccccc1CN1CCN(C(=O)CCn2ncc3cccc(C)c32)CC1. The van der Waals surface area contributed by atoms with Gasteiger partial charge in [0, 0.05) is 44.5 Å². The third-order valence-corrected chi connectivity index (χ3v) is 5.78. The number of amides is 1. The van der Waals surface area contributed by atoms with E-state index in [1.165, 1.54) is 16.7 Å². The smallest absolute Gasteiger partial charge is 0.224 e. The van der Waals surface area contributed by atoms with E-state index in [1.54, 1.807) is 0 Å². The topological polar surface area (TPSA) is 41.4 Å². The molecule has 1 aromatic heterocycles. The first-order valence-corrected chi connectivity index (χ1v) is 10.1. The van der Waals surface area contributed by atoms with Gasteiger partial charge in [-0.25, -0.2) is 0 Å². The molecule has 1 saturated heterocycles. The highest BCUT2D eigenvalue weighted by Gasteiger charge is 2.21. The minimum atomic E-state index is 0.229. The van der Waals surface area contributed by atoms with Gasteiger partial charge in [0.15, 0.2) is 0 Å². The van der Waals surface area contributed by atoms with Crippen molar-refractivity contribution in [1.82, 2.24) is 19.6 Å². The van der Waals surface area contributed by atoms with Crippen LogP contribution in [0.1, 0.15) is 23.1 Å². The van der Waals surface area contributed by atoms with Crippen LogP contribution in [0.2, 0.25) is 0 Å². The van der Waals surface area contributed by atoms with Crippen LogP contribution in [0.3, 0.4) is 0 Å². The Hall–Kier alpha value is -2.66. The van der Waals surface area contributed by atoms with Crippen LogP contribution in [0, 0.1) is 13.8 Å². The van der Waals surface area contributed by atoms with E-state index < -0.39 is 0 Å². The molecule has 1 aliphatic heterocycles. The number of aryl methyl sites for hydroxylation is 3. The Bertz CT molecular complexity index is 970. The van der Waals surface area contributed by atoms with E-state index in [-0.39, 0.29) is 5.91 Å². The largest absolute Gasteiger partial charge is 0.340 e. The van der Waals surface area contributed by atoms with Gasteiger partial charge >= 0.3 is 0 Å². The van der Waals surface area contributed by atoms with Gasteiger partial charge in [0.2, 0.25) is 5.91 Å².